The Labute approximate surface area is 139 Å². The van der Waals surface area contributed by atoms with E-state index < -0.39 is 5.97 Å². The average Bonchev–Trinajstić information content (AvgIpc) is 2.64. The number of carbonyl (C=O) groups excluding carboxylic acids is 1. The molecule has 3 rings (SSSR count). The van der Waals surface area contributed by atoms with E-state index in [1.54, 1.807) is 30.9 Å². The first kappa shape index (κ1) is 16.1. The zero-order valence-electron chi connectivity index (χ0n) is 13.4. The number of nitrogens with one attached hydrogen (secondary N) is 1. The molecule has 0 saturated heterocycles. The van der Waals surface area contributed by atoms with Crippen LogP contribution in [0.15, 0.2) is 30.9 Å². The van der Waals surface area contributed by atoms with Crippen LogP contribution in [0.1, 0.15) is 36.3 Å². The second-order valence-corrected chi connectivity index (χ2v) is 5.54. The summed E-state index contributed by atoms with van der Waals surface area (Å²) in [6.07, 6.45) is 10.3. The molecule has 2 aromatic rings. The Morgan fingerprint density at radius 2 is 2.00 bits per heavy atom. The van der Waals surface area contributed by atoms with Gasteiger partial charge in [0.2, 0.25) is 11.7 Å². The molecule has 0 amide bonds. The van der Waals surface area contributed by atoms with Crippen LogP contribution in [0.3, 0.4) is 0 Å². The van der Waals surface area contributed by atoms with Gasteiger partial charge in [0.1, 0.15) is 11.9 Å². The summed E-state index contributed by atoms with van der Waals surface area (Å²) in [5, 5.41) is 3.34. The summed E-state index contributed by atoms with van der Waals surface area (Å²) in [7, 11) is 1.31. The van der Waals surface area contributed by atoms with Gasteiger partial charge in [0.15, 0.2) is 0 Å². The molecule has 0 atom stereocenters. The molecule has 126 valence electrons. The number of ether oxygens (including phenoxy) is 2. The molecule has 0 aliphatic heterocycles. The normalized spacial score (nSPS) is 20.2. The van der Waals surface area contributed by atoms with Crippen molar-refractivity contribution in [2.75, 3.05) is 12.4 Å². The van der Waals surface area contributed by atoms with E-state index in [9.17, 15) is 4.79 Å². The molecule has 2 heterocycles. The number of anilines is 1. The third-order valence-electron chi connectivity index (χ3n) is 3.88. The minimum atomic E-state index is -0.542. The second kappa shape index (κ2) is 7.67. The number of hydrogen-bond acceptors (Lipinski definition) is 8. The highest BCUT2D eigenvalue weighted by atomic mass is 16.5. The van der Waals surface area contributed by atoms with E-state index in [0.717, 1.165) is 25.7 Å². The van der Waals surface area contributed by atoms with Crippen molar-refractivity contribution < 1.29 is 14.3 Å². The number of aromatic nitrogens is 4. The van der Waals surface area contributed by atoms with Gasteiger partial charge in [-0.1, -0.05) is 0 Å². The summed E-state index contributed by atoms with van der Waals surface area (Å²) < 4.78 is 10.5. The molecule has 0 spiro atoms. The van der Waals surface area contributed by atoms with Crippen LogP contribution >= 0.6 is 0 Å². The first-order valence-corrected chi connectivity index (χ1v) is 7.85. The van der Waals surface area contributed by atoms with Gasteiger partial charge in [0, 0.05) is 24.6 Å². The molecule has 1 saturated carbocycles. The third kappa shape index (κ3) is 4.15. The minimum absolute atomic E-state index is 0.0576. The van der Waals surface area contributed by atoms with Crippen molar-refractivity contribution in [2.45, 2.75) is 37.8 Å². The van der Waals surface area contributed by atoms with Crippen molar-refractivity contribution in [1.29, 1.82) is 0 Å². The van der Waals surface area contributed by atoms with Crippen molar-refractivity contribution >= 4 is 11.8 Å². The molecular weight excluding hydrogens is 310 g/mol. The summed E-state index contributed by atoms with van der Waals surface area (Å²) in [6, 6.07) is 2.03. The summed E-state index contributed by atoms with van der Waals surface area (Å²) in [5.41, 5.74) is 0. The summed E-state index contributed by atoms with van der Waals surface area (Å²) in [6.45, 7) is 0. The van der Waals surface area contributed by atoms with Crippen LogP contribution in [-0.2, 0) is 4.74 Å². The molecule has 0 aromatic carbocycles. The lowest BCUT2D eigenvalue weighted by atomic mass is 9.93. The van der Waals surface area contributed by atoms with E-state index in [1.807, 2.05) is 0 Å². The third-order valence-corrected chi connectivity index (χ3v) is 3.88. The van der Waals surface area contributed by atoms with Crippen molar-refractivity contribution in [1.82, 2.24) is 19.9 Å². The minimum Gasteiger partial charge on any atom is -0.473 e. The number of methoxy groups -OCH3 is 1. The van der Waals surface area contributed by atoms with E-state index >= 15 is 0 Å². The second-order valence-electron chi connectivity index (χ2n) is 5.54. The molecule has 0 radical (unpaired) electrons. The maximum Gasteiger partial charge on any atom is 0.376 e. The zero-order chi connectivity index (χ0) is 16.8. The topological polar surface area (TPSA) is 99.1 Å². The molecular formula is C16H19N5O3. The van der Waals surface area contributed by atoms with Gasteiger partial charge < -0.3 is 14.8 Å². The first-order valence-electron chi connectivity index (χ1n) is 7.85. The maximum atomic E-state index is 11.5. The van der Waals surface area contributed by atoms with Crippen LogP contribution in [0, 0.1) is 0 Å². The molecule has 8 heteroatoms. The van der Waals surface area contributed by atoms with Crippen LogP contribution < -0.4 is 10.1 Å². The Morgan fingerprint density at radius 3 is 2.71 bits per heavy atom. The SMILES string of the molecule is COC(=O)c1nccc(NC2CCC(Oc3cnccn3)CC2)n1. The van der Waals surface area contributed by atoms with Crippen LogP contribution in [0.4, 0.5) is 5.82 Å². The highest BCUT2D eigenvalue weighted by molar-refractivity contribution is 5.85. The fourth-order valence-electron chi connectivity index (χ4n) is 2.68. The van der Waals surface area contributed by atoms with E-state index in [1.165, 1.54) is 7.11 Å². The largest absolute Gasteiger partial charge is 0.473 e. The Kier molecular flexibility index (Phi) is 5.15. The Hall–Kier alpha value is -2.77. The molecule has 1 fully saturated rings. The van der Waals surface area contributed by atoms with Gasteiger partial charge >= 0.3 is 5.97 Å². The Morgan fingerprint density at radius 1 is 1.17 bits per heavy atom. The summed E-state index contributed by atoms with van der Waals surface area (Å²) in [4.78, 5) is 27.7. The van der Waals surface area contributed by atoms with Crippen molar-refractivity contribution in [3.63, 3.8) is 0 Å². The fraction of sp³-hybridized carbons (Fsp3) is 0.438. The monoisotopic (exact) mass is 329 g/mol. The average molecular weight is 329 g/mol. The van der Waals surface area contributed by atoms with E-state index in [2.05, 4.69) is 30.0 Å². The van der Waals surface area contributed by atoms with Crippen LogP contribution in [0.5, 0.6) is 5.88 Å². The lowest BCUT2D eigenvalue weighted by Gasteiger charge is -2.29. The lowest BCUT2D eigenvalue weighted by molar-refractivity contribution is 0.0587. The van der Waals surface area contributed by atoms with Crippen LogP contribution in [-0.4, -0.2) is 45.2 Å². The van der Waals surface area contributed by atoms with Crippen LogP contribution in [0.2, 0.25) is 0 Å². The molecule has 0 bridgehead atoms. The number of esters is 1. The highest BCUT2D eigenvalue weighted by Gasteiger charge is 2.23. The standard InChI is InChI=1S/C16H19N5O3/c1-23-16(22)15-19-7-6-13(21-15)20-11-2-4-12(5-3-11)24-14-10-17-8-9-18-14/h6-12H,2-5H2,1H3,(H,19,20,21). The number of hydrogen-bond donors (Lipinski definition) is 1. The fourth-order valence-corrected chi connectivity index (χ4v) is 2.68. The zero-order valence-corrected chi connectivity index (χ0v) is 13.4. The Balaban J connectivity index is 1.51. The Bertz CT molecular complexity index is 674. The van der Waals surface area contributed by atoms with Crippen molar-refractivity contribution in [3.05, 3.63) is 36.7 Å². The van der Waals surface area contributed by atoms with Gasteiger partial charge in [-0.3, -0.25) is 4.98 Å². The van der Waals surface area contributed by atoms with Gasteiger partial charge in [0.05, 0.1) is 13.3 Å². The predicted octanol–water partition coefficient (Wildman–Crippen LogP) is 1.86. The molecule has 1 aliphatic carbocycles. The lowest BCUT2D eigenvalue weighted by Crippen LogP contribution is -2.31. The van der Waals surface area contributed by atoms with E-state index in [0.29, 0.717) is 11.7 Å². The van der Waals surface area contributed by atoms with Crippen molar-refractivity contribution in [3.8, 4) is 5.88 Å². The van der Waals surface area contributed by atoms with Gasteiger partial charge in [-0.05, 0) is 31.7 Å². The van der Waals surface area contributed by atoms with Crippen molar-refractivity contribution in [2.24, 2.45) is 0 Å². The quantitative estimate of drug-likeness (QED) is 0.830. The molecule has 24 heavy (non-hydrogen) atoms. The molecule has 8 nitrogen and oxygen atoms in total. The molecule has 0 unspecified atom stereocenters. The van der Waals surface area contributed by atoms with Gasteiger partial charge in [0.25, 0.3) is 0 Å². The molecule has 1 N–H and O–H groups in total. The highest BCUT2D eigenvalue weighted by Crippen LogP contribution is 2.24. The van der Waals surface area contributed by atoms with E-state index in [4.69, 9.17) is 4.74 Å². The van der Waals surface area contributed by atoms with Gasteiger partial charge in [-0.25, -0.2) is 19.7 Å². The van der Waals surface area contributed by atoms with Gasteiger partial charge in [-0.15, -0.1) is 0 Å². The number of carbonyl (C=O) groups is 1. The summed E-state index contributed by atoms with van der Waals surface area (Å²) in [5.74, 6) is 0.707. The molecule has 2 aromatic heterocycles. The first-order chi connectivity index (χ1) is 11.7. The number of rotatable bonds is 5. The number of nitrogens with zero attached hydrogens (tertiary/aromatic N) is 4. The predicted molar refractivity (Wildman–Crippen MR) is 85.7 cm³/mol. The smallest absolute Gasteiger partial charge is 0.376 e. The van der Waals surface area contributed by atoms with Gasteiger partial charge in [-0.2, -0.15) is 0 Å². The van der Waals surface area contributed by atoms with E-state index in [-0.39, 0.29) is 18.0 Å². The summed E-state index contributed by atoms with van der Waals surface area (Å²) >= 11 is 0. The van der Waals surface area contributed by atoms with Crippen LogP contribution in [0.25, 0.3) is 0 Å². The maximum absolute atomic E-state index is 11.5. The molecule has 1 aliphatic rings.